The van der Waals surface area contributed by atoms with Crippen molar-refractivity contribution in [3.63, 3.8) is 0 Å². The number of benzene rings is 1. The van der Waals surface area contributed by atoms with E-state index in [0.29, 0.717) is 25.1 Å². The third-order valence-electron chi connectivity index (χ3n) is 3.07. The van der Waals surface area contributed by atoms with Gasteiger partial charge in [-0.05, 0) is 31.0 Å². The van der Waals surface area contributed by atoms with E-state index in [9.17, 15) is 13.2 Å². The van der Waals surface area contributed by atoms with Crippen molar-refractivity contribution in [3.8, 4) is 0 Å². The predicted molar refractivity (Wildman–Crippen MR) is 70.7 cm³/mol. The van der Waals surface area contributed by atoms with E-state index >= 15 is 0 Å². The molecule has 19 heavy (non-hydrogen) atoms. The standard InChI is InChI=1S/C13H15NO4S/c1-10-5-6-11(13(15)16)9-12(10)19(17,18)14-7-3-2-4-8-14/h2-3,5-6,9H,4,7-8H2,1H3,(H,15,16). The highest BCUT2D eigenvalue weighted by atomic mass is 32.2. The number of carbonyl (C=O) groups is 1. The molecule has 0 saturated carbocycles. The molecule has 1 heterocycles. The fraction of sp³-hybridized carbons (Fsp3) is 0.308. The predicted octanol–water partition coefficient (Wildman–Crippen LogP) is 1.64. The van der Waals surface area contributed by atoms with E-state index < -0.39 is 16.0 Å². The molecule has 0 unspecified atom stereocenters. The van der Waals surface area contributed by atoms with Gasteiger partial charge >= 0.3 is 5.97 Å². The molecule has 102 valence electrons. The number of hydrogen-bond donors (Lipinski definition) is 1. The lowest BCUT2D eigenvalue weighted by molar-refractivity contribution is 0.0696. The minimum absolute atomic E-state index is 0.0169. The zero-order valence-corrected chi connectivity index (χ0v) is 11.4. The van der Waals surface area contributed by atoms with Gasteiger partial charge in [-0.15, -0.1) is 0 Å². The number of rotatable bonds is 3. The summed E-state index contributed by atoms with van der Waals surface area (Å²) in [5.74, 6) is -1.13. The molecule has 0 bridgehead atoms. The van der Waals surface area contributed by atoms with Gasteiger partial charge in [0.1, 0.15) is 0 Å². The lowest BCUT2D eigenvalue weighted by atomic mass is 10.1. The number of nitrogens with zero attached hydrogens (tertiary/aromatic N) is 1. The first-order valence-corrected chi connectivity index (χ1v) is 7.36. The highest BCUT2D eigenvalue weighted by Gasteiger charge is 2.26. The van der Waals surface area contributed by atoms with Crippen LogP contribution in [0.1, 0.15) is 22.3 Å². The molecule has 5 nitrogen and oxygen atoms in total. The van der Waals surface area contributed by atoms with Gasteiger partial charge in [-0.25, -0.2) is 13.2 Å². The first-order chi connectivity index (χ1) is 8.93. The van der Waals surface area contributed by atoms with Crippen molar-refractivity contribution in [1.82, 2.24) is 4.31 Å². The smallest absolute Gasteiger partial charge is 0.335 e. The van der Waals surface area contributed by atoms with E-state index in [4.69, 9.17) is 5.11 Å². The fourth-order valence-corrected chi connectivity index (χ4v) is 3.65. The number of hydrogen-bond acceptors (Lipinski definition) is 3. The molecule has 1 aliphatic rings. The van der Waals surface area contributed by atoms with Gasteiger partial charge in [-0.2, -0.15) is 4.31 Å². The van der Waals surface area contributed by atoms with Gasteiger partial charge < -0.3 is 5.11 Å². The van der Waals surface area contributed by atoms with Gasteiger partial charge in [0.15, 0.2) is 0 Å². The van der Waals surface area contributed by atoms with E-state index in [1.807, 2.05) is 6.08 Å². The second-order valence-electron chi connectivity index (χ2n) is 4.41. The minimum Gasteiger partial charge on any atom is -0.478 e. The van der Waals surface area contributed by atoms with E-state index in [2.05, 4.69) is 0 Å². The van der Waals surface area contributed by atoms with Gasteiger partial charge in [-0.1, -0.05) is 18.2 Å². The molecule has 1 N–H and O–H groups in total. The maximum atomic E-state index is 12.5. The van der Waals surface area contributed by atoms with Gasteiger partial charge in [0.25, 0.3) is 0 Å². The van der Waals surface area contributed by atoms with Crippen LogP contribution in [0, 0.1) is 6.92 Å². The van der Waals surface area contributed by atoms with Crippen LogP contribution in [0.5, 0.6) is 0 Å². The summed E-state index contributed by atoms with van der Waals surface area (Å²) in [6.07, 6.45) is 4.42. The molecular formula is C13H15NO4S. The average Bonchev–Trinajstić information content (AvgIpc) is 2.39. The Labute approximate surface area is 112 Å². The minimum atomic E-state index is -3.63. The molecule has 2 rings (SSSR count). The van der Waals surface area contributed by atoms with Crippen molar-refractivity contribution in [2.45, 2.75) is 18.2 Å². The van der Waals surface area contributed by atoms with Crippen LogP contribution in [0.3, 0.4) is 0 Å². The molecular weight excluding hydrogens is 266 g/mol. The number of aryl methyl sites for hydroxylation is 1. The van der Waals surface area contributed by atoms with Crippen molar-refractivity contribution in [2.24, 2.45) is 0 Å². The molecule has 1 aromatic rings. The molecule has 0 atom stereocenters. The third-order valence-corrected chi connectivity index (χ3v) is 5.08. The summed E-state index contributed by atoms with van der Waals surface area (Å²) in [6.45, 7) is 2.42. The zero-order chi connectivity index (χ0) is 14.0. The lowest BCUT2D eigenvalue weighted by Crippen LogP contribution is -2.34. The molecule has 1 aliphatic heterocycles. The molecule has 0 fully saturated rings. The van der Waals surface area contributed by atoms with Crippen molar-refractivity contribution in [3.05, 3.63) is 41.5 Å². The number of carboxylic acids is 1. The normalized spacial score (nSPS) is 16.5. The Bertz CT molecular complexity index is 634. The van der Waals surface area contributed by atoms with E-state index in [-0.39, 0.29) is 10.5 Å². The Morgan fingerprint density at radius 2 is 2.05 bits per heavy atom. The topological polar surface area (TPSA) is 74.7 Å². The summed E-state index contributed by atoms with van der Waals surface area (Å²) in [7, 11) is -3.63. The first-order valence-electron chi connectivity index (χ1n) is 5.92. The van der Waals surface area contributed by atoms with Gasteiger partial charge in [0.2, 0.25) is 10.0 Å². The van der Waals surface area contributed by atoms with Crippen LogP contribution in [0.4, 0.5) is 0 Å². The van der Waals surface area contributed by atoms with Crippen LogP contribution in [-0.2, 0) is 10.0 Å². The molecule has 0 radical (unpaired) electrons. The van der Waals surface area contributed by atoms with E-state index in [1.54, 1.807) is 13.0 Å². The summed E-state index contributed by atoms with van der Waals surface area (Å²) in [5, 5.41) is 8.96. The number of aromatic carboxylic acids is 1. The third kappa shape index (κ3) is 2.69. The average molecular weight is 281 g/mol. The van der Waals surface area contributed by atoms with Crippen LogP contribution in [0.25, 0.3) is 0 Å². The second-order valence-corrected chi connectivity index (χ2v) is 6.31. The largest absolute Gasteiger partial charge is 0.478 e. The van der Waals surface area contributed by atoms with Crippen molar-refractivity contribution in [2.75, 3.05) is 13.1 Å². The summed E-state index contributed by atoms with van der Waals surface area (Å²) in [4.78, 5) is 11.0. The lowest BCUT2D eigenvalue weighted by Gasteiger charge is -2.23. The van der Waals surface area contributed by atoms with E-state index in [1.165, 1.54) is 22.5 Å². The Hall–Kier alpha value is -1.66. The zero-order valence-electron chi connectivity index (χ0n) is 10.5. The molecule has 6 heteroatoms. The summed E-state index contributed by atoms with van der Waals surface area (Å²) >= 11 is 0. The summed E-state index contributed by atoms with van der Waals surface area (Å²) in [5.41, 5.74) is 0.538. The number of carboxylic acid groups (broad SMARTS) is 1. The van der Waals surface area contributed by atoms with Gasteiger partial charge in [-0.3, -0.25) is 0 Å². The second kappa shape index (κ2) is 5.14. The quantitative estimate of drug-likeness (QED) is 0.855. The van der Waals surface area contributed by atoms with Crippen molar-refractivity contribution in [1.29, 1.82) is 0 Å². The van der Waals surface area contributed by atoms with Crippen LogP contribution < -0.4 is 0 Å². The maximum absolute atomic E-state index is 12.5. The highest BCUT2D eigenvalue weighted by molar-refractivity contribution is 7.89. The van der Waals surface area contributed by atoms with Gasteiger partial charge in [0, 0.05) is 13.1 Å². The molecule has 0 saturated heterocycles. The Morgan fingerprint density at radius 1 is 1.32 bits per heavy atom. The molecule has 0 aliphatic carbocycles. The van der Waals surface area contributed by atoms with Crippen molar-refractivity contribution >= 4 is 16.0 Å². The van der Waals surface area contributed by atoms with Crippen LogP contribution in [0.15, 0.2) is 35.2 Å². The summed E-state index contributed by atoms with van der Waals surface area (Å²) in [6, 6.07) is 4.16. The van der Waals surface area contributed by atoms with Gasteiger partial charge in [0.05, 0.1) is 10.5 Å². The Kier molecular flexibility index (Phi) is 3.73. The number of sulfonamides is 1. The first kappa shape index (κ1) is 13.8. The SMILES string of the molecule is Cc1ccc(C(=O)O)cc1S(=O)(=O)N1CC=CCC1. The van der Waals surface area contributed by atoms with Crippen LogP contribution in [0.2, 0.25) is 0 Å². The van der Waals surface area contributed by atoms with Crippen molar-refractivity contribution < 1.29 is 18.3 Å². The Morgan fingerprint density at radius 3 is 2.63 bits per heavy atom. The monoisotopic (exact) mass is 281 g/mol. The molecule has 1 aromatic carbocycles. The molecule has 0 spiro atoms. The van der Waals surface area contributed by atoms with E-state index in [0.717, 1.165) is 0 Å². The van der Waals surface area contributed by atoms with Crippen LogP contribution >= 0.6 is 0 Å². The maximum Gasteiger partial charge on any atom is 0.335 e. The fourth-order valence-electron chi connectivity index (χ4n) is 1.99. The summed E-state index contributed by atoms with van der Waals surface area (Å²) < 4.78 is 26.3. The molecule has 0 aromatic heterocycles. The molecule has 0 amide bonds. The Balaban J connectivity index is 2.47. The van der Waals surface area contributed by atoms with Crippen LogP contribution in [-0.4, -0.2) is 36.9 Å². The highest BCUT2D eigenvalue weighted by Crippen LogP contribution is 2.22.